The van der Waals surface area contributed by atoms with Crippen molar-refractivity contribution in [3.63, 3.8) is 0 Å². The fourth-order valence-electron chi connectivity index (χ4n) is 2.84. The predicted octanol–water partition coefficient (Wildman–Crippen LogP) is 1.21. The second kappa shape index (κ2) is 12.3. The van der Waals surface area contributed by atoms with E-state index < -0.39 is 18.1 Å². The largest absolute Gasteiger partial charge is 0.480 e. The molecule has 2 amide bonds. The summed E-state index contributed by atoms with van der Waals surface area (Å²) in [5.74, 6) is -1.33. The standard InChI is InChI=1S/C22H28N4O5/c1-16(14-17-6-3-2-4-7-17)25-22(30)31-15-26-12-9-18(10-13-26)20(27)24-11-5-8-19(23)21(28)29/h2-4,6-7,9-10,12-13,16,19H,5,8,11,14-15,23H2,1H3,(H2-,24,25,27,28,29,30)/p+1/t16-,19-/m0/s1. The number of aliphatic carboxylic acids is 1. The first kappa shape index (κ1) is 23.8. The van der Waals surface area contributed by atoms with E-state index in [4.69, 9.17) is 15.6 Å². The van der Waals surface area contributed by atoms with E-state index in [2.05, 4.69) is 10.6 Å². The summed E-state index contributed by atoms with van der Waals surface area (Å²) < 4.78 is 6.84. The molecule has 5 N–H and O–H groups in total. The molecule has 0 aliphatic rings. The van der Waals surface area contributed by atoms with Crippen molar-refractivity contribution in [1.82, 2.24) is 10.6 Å². The fraction of sp³-hybridized carbons (Fsp3) is 0.364. The molecule has 0 spiro atoms. The molecule has 0 bridgehead atoms. The van der Waals surface area contributed by atoms with Crippen LogP contribution in [0, 0.1) is 0 Å². The number of nitrogens with zero attached hydrogens (tertiary/aromatic N) is 1. The Kier molecular flexibility index (Phi) is 9.44. The zero-order valence-electron chi connectivity index (χ0n) is 17.5. The summed E-state index contributed by atoms with van der Waals surface area (Å²) in [6.07, 6.45) is 4.21. The van der Waals surface area contributed by atoms with Gasteiger partial charge in [-0.15, -0.1) is 0 Å². The molecule has 166 valence electrons. The minimum Gasteiger partial charge on any atom is -0.480 e. The molecule has 9 heteroatoms. The second-order valence-electron chi connectivity index (χ2n) is 7.24. The molecule has 9 nitrogen and oxygen atoms in total. The Morgan fingerprint density at radius 3 is 2.45 bits per heavy atom. The third-order valence-corrected chi connectivity index (χ3v) is 4.54. The van der Waals surface area contributed by atoms with Gasteiger partial charge in [-0.1, -0.05) is 30.3 Å². The number of alkyl carbamates (subject to hydrolysis) is 1. The van der Waals surface area contributed by atoms with Crippen LogP contribution in [0.25, 0.3) is 0 Å². The maximum Gasteiger partial charge on any atom is 0.412 e. The van der Waals surface area contributed by atoms with Crippen LogP contribution >= 0.6 is 0 Å². The van der Waals surface area contributed by atoms with E-state index >= 15 is 0 Å². The monoisotopic (exact) mass is 429 g/mol. The SMILES string of the molecule is C[C@@H](Cc1ccccc1)NC(=O)OC[n+]1ccc(C(=O)NCCC[C@H](N)C(=O)O)cc1. The van der Waals surface area contributed by atoms with Crippen molar-refractivity contribution in [3.05, 3.63) is 66.0 Å². The highest BCUT2D eigenvalue weighted by Gasteiger charge is 2.13. The molecule has 1 heterocycles. The van der Waals surface area contributed by atoms with Crippen molar-refractivity contribution in [1.29, 1.82) is 0 Å². The van der Waals surface area contributed by atoms with Crippen molar-refractivity contribution in [3.8, 4) is 0 Å². The quantitative estimate of drug-likeness (QED) is 0.313. The third kappa shape index (κ3) is 8.83. The van der Waals surface area contributed by atoms with Crippen molar-refractivity contribution >= 4 is 18.0 Å². The number of hydrogen-bond acceptors (Lipinski definition) is 5. The van der Waals surface area contributed by atoms with Crippen LogP contribution in [0.15, 0.2) is 54.9 Å². The lowest BCUT2D eigenvalue weighted by atomic mass is 10.1. The summed E-state index contributed by atoms with van der Waals surface area (Å²) in [6, 6.07) is 12.1. The summed E-state index contributed by atoms with van der Waals surface area (Å²) in [6.45, 7) is 2.25. The summed E-state index contributed by atoms with van der Waals surface area (Å²) >= 11 is 0. The van der Waals surface area contributed by atoms with Crippen molar-refractivity contribution in [2.45, 2.75) is 45.0 Å². The van der Waals surface area contributed by atoms with Gasteiger partial charge in [0, 0.05) is 24.7 Å². The molecular formula is C22H29N4O5+. The second-order valence-corrected chi connectivity index (χ2v) is 7.24. The normalized spacial score (nSPS) is 12.5. The minimum atomic E-state index is -1.06. The highest BCUT2D eigenvalue weighted by Crippen LogP contribution is 2.03. The van der Waals surface area contributed by atoms with Gasteiger partial charge in [0.1, 0.15) is 6.04 Å². The lowest BCUT2D eigenvalue weighted by Gasteiger charge is -2.13. The minimum absolute atomic E-state index is 0.0128. The molecule has 2 atom stereocenters. The number of hydrogen-bond donors (Lipinski definition) is 4. The van der Waals surface area contributed by atoms with Crippen LogP contribution in [-0.4, -0.2) is 41.7 Å². The average Bonchev–Trinajstić information content (AvgIpc) is 2.75. The zero-order valence-corrected chi connectivity index (χ0v) is 17.5. The average molecular weight is 429 g/mol. The van der Waals surface area contributed by atoms with Crippen LogP contribution in [-0.2, 0) is 22.7 Å². The van der Waals surface area contributed by atoms with Gasteiger partial charge in [-0.05, 0) is 31.7 Å². The van der Waals surface area contributed by atoms with Crippen LogP contribution in [0.5, 0.6) is 0 Å². The van der Waals surface area contributed by atoms with Crippen LogP contribution < -0.4 is 20.9 Å². The number of carboxylic acids is 1. The Balaban J connectivity index is 1.69. The molecule has 1 aromatic heterocycles. The molecule has 1 aromatic carbocycles. The van der Waals surface area contributed by atoms with Gasteiger partial charge in [0.05, 0.1) is 5.56 Å². The summed E-state index contributed by atoms with van der Waals surface area (Å²) in [7, 11) is 0. The van der Waals surface area contributed by atoms with Gasteiger partial charge in [-0.25, -0.2) is 4.79 Å². The number of amides is 2. The van der Waals surface area contributed by atoms with Gasteiger partial charge in [0.2, 0.25) is 0 Å². The number of nitrogens with two attached hydrogens (primary N) is 1. The first-order valence-electron chi connectivity index (χ1n) is 10.1. The molecule has 0 saturated carbocycles. The third-order valence-electron chi connectivity index (χ3n) is 4.54. The van der Waals surface area contributed by atoms with Gasteiger partial charge in [-0.3, -0.25) is 9.59 Å². The number of carbonyl (C=O) groups excluding carboxylic acids is 2. The number of nitrogens with one attached hydrogen (secondary N) is 2. The maximum absolute atomic E-state index is 12.1. The van der Waals surface area contributed by atoms with Gasteiger partial charge in [0.25, 0.3) is 12.6 Å². The highest BCUT2D eigenvalue weighted by molar-refractivity contribution is 5.93. The molecule has 0 fully saturated rings. The zero-order chi connectivity index (χ0) is 22.6. The summed E-state index contributed by atoms with van der Waals surface area (Å²) in [5, 5.41) is 14.2. The Hall–Kier alpha value is -3.46. The summed E-state index contributed by atoms with van der Waals surface area (Å²) in [5.41, 5.74) is 6.99. The van der Waals surface area contributed by atoms with E-state index in [1.807, 2.05) is 37.3 Å². The van der Waals surface area contributed by atoms with Crippen LogP contribution in [0.3, 0.4) is 0 Å². The lowest BCUT2D eigenvalue weighted by molar-refractivity contribution is -0.727. The Labute approximate surface area is 181 Å². The number of carbonyl (C=O) groups is 3. The van der Waals surface area contributed by atoms with Gasteiger partial charge in [-0.2, -0.15) is 4.57 Å². The Bertz CT molecular complexity index is 858. The van der Waals surface area contributed by atoms with E-state index in [0.717, 1.165) is 5.56 Å². The molecule has 31 heavy (non-hydrogen) atoms. The number of rotatable bonds is 11. The molecule has 0 saturated heterocycles. The fourth-order valence-corrected chi connectivity index (χ4v) is 2.84. The van der Waals surface area contributed by atoms with Gasteiger partial charge in [0.15, 0.2) is 12.4 Å². The van der Waals surface area contributed by atoms with E-state index in [-0.39, 0.29) is 25.1 Å². The summed E-state index contributed by atoms with van der Waals surface area (Å²) in [4.78, 5) is 34.7. The van der Waals surface area contributed by atoms with Crippen LogP contribution in [0.1, 0.15) is 35.7 Å². The Morgan fingerprint density at radius 2 is 1.81 bits per heavy atom. The smallest absolute Gasteiger partial charge is 0.412 e. The van der Waals surface area contributed by atoms with E-state index in [1.54, 1.807) is 29.1 Å². The van der Waals surface area contributed by atoms with Crippen LogP contribution in [0.4, 0.5) is 4.79 Å². The van der Waals surface area contributed by atoms with Crippen molar-refractivity contribution in [2.24, 2.45) is 5.73 Å². The number of ether oxygens (including phenoxy) is 1. The molecule has 0 aliphatic heterocycles. The Morgan fingerprint density at radius 1 is 1.13 bits per heavy atom. The highest BCUT2D eigenvalue weighted by atomic mass is 16.6. The number of pyridine rings is 1. The maximum atomic E-state index is 12.1. The van der Waals surface area contributed by atoms with Gasteiger partial charge >= 0.3 is 12.1 Å². The van der Waals surface area contributed by atoms with Crippen molar-refractivity contribution < 1.29 is 28.8 Å². The van der Waals surface area contributed by atoms with E-state index in [0.29, 0.717) is 24.9 Å². The molecular weight excluding hydrogens is 400 g/mol. The predicted molar refractivity (Wildman–Crippen MR) is 113 cm³/mol. The molecule has 2 aromatic rings. The van der Waals surface area contributed by atoms with Gasteiger partial charge < -0.3 is 26.2 Å². The molecule has 0 radical (unpaired) electrons. The number of aromatic nitrogens is 1. The lowest BCUT2D eigenvalue weighted by Crippen LogP contribution is -2.40. The number of benzene rings is 1. The molecule has 2 rings (SSSR count). The first-order chi connectivity index (χ1) is 14.8. The topological polar surface area (TPSA) is 135 Å². The first-order valence-corrected chi connectivity index (χ1v) is 10.1. The molecule has 0 unspecified atom stereocenters. The van der Waals surface area contributed by atoms with Crippen molar-refractivity contribution in [2.75, 3.05) is 6.54 Å². The van der Waals surface area contributed by atoms with E-state index in [9.17, 15) is 14.4 Å². The molecule has 0 aliphatic carbocycles. The number of carboxylic acid groups (broad SMARTS) is 1. The van der Waals surface area contributed by atoms with Crippen LogP contribution in [0.2, 0.25) is 0 Å². The van der Waals surface area contributed by atoms with E-state index in [1.165, 1.54) is 0 Å².